The molecule has 0 aromatic rings. The lowest BCUT2D eigenvalue weighted by Gasteiger charge is -2.18. The van der Waals surface area contributed by atoms with Crippen LogP contribution in [0.2, 0.25) is 0 Å². The highest BCUT2D eigenvalue weighted by atomic mass is 16.6. The van der Waals surface area contributed by atoms with Crippen LogP contribution in [0.15, 0.2) is 146 Å². The maximum Gasteiger partial charge on any atom is 0.306 e. The van der Waals surface area contributed by atoms with Crippen LogP contribution in [0.1, 0.15) is 297 Å². The third kappa shape index (κ3) is 66.1. The molecule has 0 rings (SSSR count). The highest BCUT2D eigenvalue weighted by Crippen LogP contribution is 2.15. The van der Waals surface area contributed by atoms with Gasteiger partial charge in [-0.15, -0.1) is 0 Å². The van der Waals surface area contributed by atoms with E-state index in [1.165, 1.54) is 128 Å². The normalized spacial score (nSPS) is 13.1. The number of unbranched alkanes of at least 4 members (excludes halogenated alkanes) is 25. The van der Waals surface area contributed by atoms with E-state index in [2.05, 4.69) is 167 Å². The average Bonchev–Trinajstić information content (AvgIpc) is 3.47. The molecule has 0 bridgehead atoms. The van der Waals surface area contributed by atoms with Gasteiger partial charge in [-0.05, 0) is 135 Å². The first kappa shape index (κ1) is 77.3. The SMILES string of the molecule is CC/C=C\C/C=C\C/C=C\C/C=C\C/C=C\C/C=C\CCCCCCCCCCCCC(=O)OCC(COC(=O)CCC/C=C\C/C=C\C/C=C\C/C=C\C/C=C\CC)OC(=O)CCCCCCCCC/C=C\CCCCCCCCC. The van der Waals surface area contributed by atoms with E-state index in [9.17, 15) is 14.4 Å². The monoisotopic (exact) mass is 1130 g/mol. The number of rotatable bonds is 60. The van der Waals surface area contributed by atoms with Gasteiger partial charge in [0.25, 0.3) is 0 Å². The number of esters is 3. The number of carbonyl (C=O) groups is 3. The fraction of sp³-hybridized carbons (Fsp3) is 0.645. The Bertz CT molecular complexity index is 1780. The second-order valence-corrected chi connectivity index (χ2v) is 22.0. The van der Waals surface area contributed by atoms with Crippen molar-refractivity contribution in [3.63, 3.8) is 0 Å². The van der Waals surface area contributed by atoms with Crippen molar-refractivity contribution in [2.75, 3.05) is 13.2 Å². The zero-order chi connectivity index (χ0) is 59.2. The minimum absolute atomic E-state index is 0.104. The topological polar surface area (TPSA) is 78.9 Å². The molecule has 0 aliphatic heterocycles. The zero-order valence-electron chi connectivity index (χ0n) is 53.2. The van der Waals surface area contributed by atoms with Crippen LogP contribution in [0.5, 0.6) is 0 Å². The first-order valence-corrected chi connectivity index (χ1v) is 33.8. The third-order valence-electron chi connectivity index (χ3n) is 14.1. The van der Waals surface area contributed by atoms with Crippen molar-refractivity contribution in [2.24, 2.45) is 0 Å². The summed E-state index contributed by atoms with van der Waals surface area (Å²) in [6.45, 7) is 6.37. The standard InChI is InChI=1S/C76H124O6/c1-4-7-10-13-16-19-22-25-28-31-33-34-35-36-37-38-39-40-41-42-43-46-48-51-54-57-60-63-66-69-75(78)81-72-73(71-80-74(77)68-65-62-59-56-53-50-47-44-30-27-24-21-18-15-12-9-6-3)82-76(79)70-67-64-61-58-55-52-49-45-32-29-26-23-20-17-14-11-8-5-2/h7,9-10,12,16,18-19,21,25,27-30,32-34,36-37,39-40,47,50,56,59,73H,4-6,8,11,13-15,17,20,22-24,26,31,35,38,41-46,48-49,51-55,57-58,60-72H2,1-3H3/b10-7-,12-9-,19-16-,21-18-,28-25-,30-27-,32-29-,34-33-,37-36-,40-39-,50-47-,59-56-. The van der Waals surface area contributed by atoms with Gasteiger partial charge in [-0.1, -0.05) is 289 Å². The molecule has 0 aromatic carbocycles. The molecule has 6 heteroatoms. The molecule has 0 fully saturated rings. The summed E-state index contributed by atoms with van der Waals surface area (Å²) >= 11 is 0. The summed E-state index contributed by atoms with van der Waals surface area (Å²) in [5.41, 5.74) is 0. The van der Waals surface area contributed by atoms with Crippen molar-refractivity contribution in [2.45, 2.75) is 303 Å². The Kier molecular flexibility index (Phi) is 64.8. The Morgan fingerprint density at radius 3 is 0.805 bits per heavy atom. The lowest BCUT2D eigenvalue weighted by atomic mass is 10.1. The molecule has 6 nitrogen and oxygen atoms in total. The van der Waals surface area contributed by atoms with Crippen LogP contribution in [0, 0.1) is 0 Å². The Labute approximate surface area is 506 Å². The van der Waals surface area contributed by atoms with Crippen LogP contribution >= 0.6 is 0 Å². The summed E-state index contributed by atoms with van der Waals surface area (Å²) in [6, 6.07) is 0. The van der Waals surface area contributed by atoms with Gasteiger partial charge < -0.3 is 14.2 Å². The van der Waals surface area contributed by atoms with Crippen molar-refractivity contribution in [3.8, 4) is 0 Å². The summed E-state index contributed by atoms with van der Waals surface area (Å²) in [4.78, 5) is 38.4. The maximum absolute atomic E-state index is 12.9. The zero-order valence-corrected chi connectivity index (χ0v) is 53.2. The van der Waals surface area contributed by atoms with Gasteiger partial charge in [0.1, 0.15) is 13.2 Å². The van der Waals surface area contributed by atoms with Gasteiger partial charge in [-0.25, -0.2) is 0 Å². The van der Waals surface area contributed by atoms with Crippen molar-refractivity contribution < 1.29 is 28.6 Å². The molecule has 0 N–H and O–H groups in total. The molecule has 0 saturated carbocycles. The second kappa shape index (κ2) is 68.8. The molecule has 0 aromatic heterocycles. The smallest absolute Gasteiger partial charge is 0.306 e. The van der Waals surface area contributed by atoms with Gasteiger partial charge in [0.05, 0.1) is 0 Å². The summed E-state index contributed by atoms with van der Waals surface area (Å²) in [6.07, 6.45) is 98.6. The Morgan fingerprint density at radius 1 is 0.256 bits per heavy atom. The third-order valence-corrected chi connectivity index (χ3v) is 14.1. The van der Waals surface area contributed by atoms with Crippen molar-refractivity contribution >= 4 is 17.9 Å². The molecule has 0 aliphatic rings. The molecule has 0 spiro atoms. The van der Waals surface area contributed by atoms with Crippen molar-refractivity contribution in [1.29, 1.82) is 0 Å². The molecule has 1 unspecified atom stereocenters. The Balaban J connectivity index is 4.41. The first-order chi connectivity index (χ1) is 40.5. The molecular formula is C76H124O6. The molecule has 0 aliphatic carbocycles. The van der Waals surface area contributed by atoms with E-state index in [1.54, 1.807) is 0 Å². The summed E-state index contributed by atoms with van der Waals surface area (Å²) in [5, 5.41) is 0. The largest absolute Gasteiger partial charge is 0.462 e. The quantitative estimate of drug-likeness (QED) is 0.0261. The van der Waals surface area contributed by atoms with E-state index in [0.717, 1.165) is 122 Å². The highest BCUT2D eigenvalue weighted by Gasteiger charge is 2.19. The molecule has 464 valence electrons. The van der Waals surface area contributed by atoms with Crippen LogP contribution < -0.4 is 0 Å². The molecule has 0 radical (unpaired) electrons. The first-order valence-electron chi connectivity index (χ1n) is 33.8. The molecule has 0 amide bonds. The van der Waals surface area contributed by atoms with Crippen LogP contribution in [-0.4, -0.2) is 37.2 Å². The van der Waals surface area contributed by atoms with E-state index >= 15 is 0 Å². The average molecular weight is 1130 g/mol. The van der Waals surface area contributed by atoms with Gasteiger partial charge in [0.15, 0.2) is 6.10 Å². The molecule has 0 saturated heterocycles. The van der Waals surface area contributed by atoms with Gasteiger partial charge in [-0.3, -0.25) is 14.4 Å². The van der Waals surface area contributed by atoms with Crippen LogP contribution in [0.25, 0.3) is 0 Å². The van der Waals surface area contributed by atoms with Gasteiger partial charge in [-0.2, -0.15) is 0 Å². The van der Waals surface area contributed by atoms with Crippen LogP contribution in [-0.2, 0) is 28.6 Å². The molecule has 0 heterocycles. The minimum Gasteiger partial charge on any atom is -0.462 e. The second-order valence-electron chi connectivity index (χ2n) is 22.0. The minimum atomic E-state index is -0.812. The molecule has 1 atom stereocenters. The van der Waals surface area contributed by atoms with E-state index in [-0.39, 0.29) is 37.5 Å². The highest BCUT2D eigenvalue weighted by molar-refractivity contribution is 5.71. The van der Waals surface area contributed by atoms with Crippen LogP contribution in [0.3, 0.4) is 0 Å². The summed E-state index contributed by atoms with van der Waals surface area (Å²) in [7, 11) is 0. The van der Waals surface area contributed by atoms with E-state index in [4.69, 9.17) is 14.2 Å². The van der Waals surface area contributed by atoms with E-state index < -0.39 is 6.10 Å². The number of hydrogen-bond acceptors (Lipinski definition) is 6. The Morgan fingerprint density at radius 2 is 0.488 bits per heavy atom. The number of ether oxygens (including phenoxy) is 3. The fourth-order valence-electron chi connectivity index (χ4n) is 9.07. The summed E-state index contributed by atoms with van der Waals surface area (Å²) < 4.78 is 16.9. The number of carbonyl (C=O) groups excluding carboxylic acids is 3. The number of allylic oxidation sites excluding steroid dienone is 24. The number of hydrogen-bond donors (Lipinski definition) is 0. The van der Waals surface area contributed by atoms with E-state index in [0.29, 0.717) is 19.3 Å². The maximum atomic E-state index is 12.9. The predicted octanol–water partition coefficient (Wildman–Crippen LogP) is 23.5. The van der Waals surface area contributed by atoms with E-state index in [1.807, 2.05) is 0 Å². The van der Waals surface area contributed by atoms with Gasteiger partial charge >= 0.3 is 17.9 Å². The fourth-order valence-corrected chi connectivity index (χ4v) is 9.07. The van der Waals surface area contributed by atoms with Crippen molar-refractivity contribution in [3.05, 3.63) is 146 Å². The Hall–Kier alpha value is -4.71. The van der Waals surface area contributed by atoms with Crippen LogP contribution in [0.4, 0.5) is 0 Å². The molecule has 82 heavy (non-hydrogen) atoms. The van der Waals surface area contributed by atoms with Gasteiger partial charge in [0, 0.05) is 19.3 Å². The predicted molar refractivity (Wildman–Crippen MR) is 357 cm³/mol. The lowest BCUT2D eigenvalue weighted by molar-refractivity contribution is -0.167. The van der Waals surface area contributed by atoms with Crippen molar-refractivity contribution in [1.82, 2.24) is 0 Å². The van der Waals surface area contributed by atoms with Gasteiger partial charge in [0.2, 0.25) is 0 Å². The summed E-state index contributed by atoms with van der Waals surface area (Å²) in [5.74, 6) is -0.969. The lowest BCUT2D eigenvalue weighted by Crippen LogP contribution is -2.30. The molecular weight excluding hydrogens is 1010 g/mol.